The van der Waals surface area contributed by atoms with Gasteiger partial charge in [0.15, 0.2) is 0 Å². The van der Waals surface area contributed by atoms with Crippen molar-refractivity contribution in [2.75, 3.05) is 13.1 Å². The number of nitrogens with zero attached hydrogens (tertiary/aromatic N) is 1. The van der Waals surface area contributed by atoms with E-state index in [-0.39, 0.29) is 0 Å². The monoisotopic (exact) mass is 264 g/mol. The van der Waals surface area contributed by atoms with Crippen LogP contribution in [-0.2, 0) is 4.79 Å². The Morgan fingerprint density at radius 3 is 2.47 bits per heavy atom. The molecule has 1 amide bonds. The number of fused-ring (bicyclic) bond motifs is 1. The molecule has 4 unspecified atom stereocenters. The van der Waals surface area contributed by atoms with Crippen LogP contribution in [0.2, 0.25) is 0 Å². The van der Waals surface area contributed by atoms with Crippen LogP contribution in [-0.4, -0.2) is 29.9 Å². The van der Waals surface area contributed by atoms with Gasteiger partial charge < -0.3 is 10.6 Å². The summed E-state index contributed by atoms with van der Waals surface area (Å²) < 4.78 is 0. The highest BCUT2D eigenvalue weighted by atomic mass is 16.2. The number of carbonyl (C=O) groups excluding carboxylic acids is 1. The lowest BCUT2D eigenvalue weighted by Crippen LogP contribution is -2.50. The zero-order chi connectivity index (χ0) is 13.4. The van der Waals surface area contributed by atoms with Gasteiger partial charge in [0.05, 0.1) is 0 Å². The molecule has 0 aromatic carbocycles. The van der Waals surface area contributed by atoms with Crippen LogP contribution in [0.3, 0.4) is 0 Å². The molecule has 0 bridgehead atoms. The first-order valence-electron chi connectivity index (χ1n) is 8.26. The molecule has 0 aromatic rings. The van der Waals surface area contributed by atoms with E-state index in [0.29, 0.717) is 24.4 Å². The molecule has 2 N–H and O–H groups in total. The van der Waals surface area contributed by atoms with Crippen molar-refractivity contribution in [3.05, 3.63) is 0 Å². The lowest BCUT2D eigenvalue weighted by Gasteiger charge is -2.39. The van der Waals surface area contributed by atoms with Crippen molar-refractivity contribution in [2.24, 2.45) is 29.4 Å². The normalized spacial score (nSPS) is 41.8. The highest BCUT2D eigenvalue weighted by Gasteiger charge is 2.56. The summed E-state index contributed by atoms with van der Waals surface area (Å²) in [6, 6.07) is 0.314. The molecular formula is C16H28N2O. The predicted molar refractivity (Wildman–Crippen MR) is 76.5 cm³/mol. The summed E-state index contributed by atoms with van der Waals surface area (Å²) in [5, 5.41) is 0. The summed E-state index contributed by atoms with van der Waals surface area (Å²) in [5.41, 5.74) is 5.92. The van der Waals surface area contributed by atoms with E-state index in [1.807, 2.05) is 0 Å². The van der Waals surface area contributed by atoms with Crippen molar-refractivity contribution in [1.82, 2.24) is 4.90 Å². The minimum atomic E-state index is 0.314. The van der Waals surface area contributed by atoms with Crippen molar-refractivity contribution in [3.8, 4) is 0 Å². The van der Waals surface area contributed by atoms with Gasteiger partial charge in [-0.1, -0.05) is 26.2 Å². The molecule has 108 valence electrons. The van der Waals surface area contributed by atoms with E-state index >= 15 is 0 Å². The molecule has 1 heterocycles. The molecular weight excluding hydrogens is 236 g/mol. The SMILES string of the molecule is CCC1CCN(C(=O)C2C3CCCCC32)C(CN)C1. The number of likely N-dealkylation sites (tertiary alicyclic amines) is 1. The second-order valence-corrected chi connectivity index (χ2v) is 6.86. The second-order valence-electron chi connectivity index (χ2n) is 6.86. The fraction of sp³-hybridized carbons (Fsp3) is 0.938. The van der Waals surface area contributed by atoms with Crippen LogP contribution in [0.5, 0.6) is 0 Å². The molecule has 3 heteroatoms. The lowest BCUT2D eigenvalue weighted by molar-refractivity contribution is -0.137. The van der Waals surface area contributed by atoms with Crippen molar-refractivity contribution >= 4 is 5.91 Å². The van der Waals surface area contributed by atoms with Gasteiger partial charge in [0.25, 0.3) is 0 Å². The summed E-state index contributed by atoms with van der Waals surface area (Å²) in [6.45, 7) is 3.85. The molecule has 1 aliphatic heterocycles. The Balaban J connectivity index is 1.63. The van der Waals surface area contributed by atoms with Gasteiger partial charge in [0.2, 0.25) is 5.91 Å². The van der Waals surface area contributed by atoms with E-state index in [9.17, 15) is 4.79 Å². The average Bonchev–Trinajstić information content (AvgIpc) is 3.20. The topological polar surface area (TPSA) is 46.3 Å². The predicted octanol–water partition coefficient (Wildman–Crippen LogP) is 2.40. The Kier molecular flexibility index (Phi) is 3.84. The second kappa shape index (κ2) is 5.43. The summed E-state index contributed by atoms with van der Waals surface area (Å²) >= 11 is 0. The minimum absolute atomic E-state index is 0.314. The van der Waals surface area contributed by atoms with Crippen LogP contribution in [0, 0.1) is 23.7 Å². The third-order valence-corrected chi connectivity index (χ3v) is 5.90. The molecule has 4 atom stereocenters. The first-order valence-corrected chi connectivity index (χ1v) is 8.26. The van der Waals surface area contributed by atoms with Gasteiger partial charge in [-0.2, -0.15) is 0 Å². The Bertz CT molecular complexity index is 332. The average molecular weight is 264 g/mol. The summed E-state index contributed by atoms with van der Waals surface area (Å²) in [6.07, 6.45) is 8.79. The molecule has 2 aliphatic carbocycles. The molecule has 3 aliphatic rings. The maximum atomic E-state index is 12.8. The molecule has 3 fully saturated rings. The largest absolute Gasteiger partial charge is 0.338 e. The third kappa shape index (κ3) is 2.42. The van der Waals surface area contributed by atoms with E-state index in [1.54, 1.807) is 0 Å². The zero-order valence-electron chi connectivity index (χ0n) is 12.2. The molecule has 1 saturated heterocycles. The number of amides is 1. The van der Waals surface area contributed by atoms with Crippen molar-refractivity contribution < 1.29 is 4.79 Å². The Hall–Kier alpha value is -0.570. The summed E-state index contributed by atoms with van der Waals surface area (Å²) in [5.74, 6) is 3.04. The van der Waals surface area contributed by atoms with Gasteiger partial charge in [0.1, 0.15) is 0 Å². The number of nitrogens with two attached hydrogens (primary N) is 1. The van der Waals surface area contributed by atoms with Gasteiger partial charge in [-0.25, -0.2) is 0 Å². The highest BCUT2D eigenvalue weighted by Crippen LogP contribution is 2.56. The van der Waals surface area contributed by atoms with Gasteiger partial charge in [0, 0.05) is 25.0 Å². The lowest BCUT2D eigenvalue weighted by atomic mass is 9.88. The highest BCUT2D eigenvalue weighted by molar-refractivity contribution is 5.83. The van der Waals surface area contributed by atoms with E-state index in [0.717, 1.165) is 30.7 Å². The maximum Gasteiger partial charge on any atom is 0.226 e. The van der Waals surface area contributed by atoms with E-state index < -0.39 is 0 Å². The first-order chi connectivity index (χ1) is 9.26. The molecule has 3 rings (SSSR count). The third-order valence-electron chi connectivity index (χ3n) is 5.90. The Labute approximate surface area is 116 Å². The van der Waals surface area contributed by atoms with E-state index in [2.05, 4.69) is 11.8 Å². The van der Waals surface area contributed by atoms with Gasteiger partial charge in [-0.05, 0) is 43.4 Å². The van der Waals surface area contributed by atoms with Crippen molar-refractivity contribution in [3.63, 3.8) is 0 Å². The molecule has 0 aromatic heterocycles. The van der Waals surface area contributed by atoms with Crippen LogP contribution < -0.4 is 5.73 Å². The molecule has 0 spiro atoms. The van der Waals surface area contributed by atoms with Crippen LogP contribution in [0.4, 0.5) is 0 Å². The van der Waals surface area contributed by atoms with E-state index in [4.69, 9.17) is 5.73 Å². The number of carbonyl (C=O) groups is 1. The first kappa shape index (κ1) is 13.4. The zero-order valence-corrected chi connectivity index (χ0v) is 12.2. The van der Waals surface area contributed by atoms with Crippen LogP contribution in [0.1, 0.15) is 51.9 Å². The number of hydrogen-bond donors (Lipinski definition) is 1. The van der Waals surface area contributed by atoms with Crippen LogP contribution >= 0.6 is 0 Å². The van der Waals surface area contributed by atoms with Gasteiger partial charge >= 0.3 is 0 Å². The quantitative estimate of drug-likeness (QED) is 0.851. The summed E-state index contributed by atoms with van der Waals surface area (Å²) in [4.78, 5) is 14.9. The van der Waals surface area contributed by atoms with Crippen molar-refractivity contribution in [2.45, 2.75) is 57.9 Å². The van der Waals surface area contributed by atoms with Crippen LogP contribution in [0.25, 0.3) is 0 Å². The minimum Gasteiger partial charge on any atom is -0.338 e. The van der Waals surface area contributed by atoms with E-state index in [1.165, 1.54) is 38.5 Å². The Morgan fingerprint density at radius 1 is 1.21 bits per heavy atom. The molecule has 2 saturated carbocycles. The fourth-order valence-corrected chi connectivity index (χ4v) is 4.57. The van der Waals surface area contributed by atoms with Gasteiger partial charge in [-0.3, -0.25) is 4.79 Å². The smallest absolute Gasteiger partial charge is 0.226 e. The maximum absolute atomic E-state index is 12.8. The van der Waals surface area contributed by atoms with Crippen molar-refractivity contribution in [1.29, 1.82) is 0 Å². The Morgan fingerprint density at radius 2 is 1.89 bits per heavy atom. The molecule has 0 radical (unpaired) electrons. The fourth-order valence-electron chi connectivity index (χ4n) is 4.57. The van der Waals surface area contributed by atoms with Crippen LogP contribution in [0.15, 0.2) is 0 Å². The molecule has 3 nitrogen and oxygen atoms in total. The standard InChI is InChI=1S/C16H28N2O/c1-2-11-7-8-18(12(9-11)10-17)16(19)15-13-5-3-4-6-14(13)15/h11-15H,2-10,17H2,1H3. The van der Waals surface area contributed by atoms with Gasteiger partial charge in [-0.15, -0.1) is 0 Å². The number of hydrogen-bond acceptors (Lipinski definition) is 2. The molecule has 19 heavy (non-hydrogen) atoms. The number of piperidine rings is 1. The number of rotatable bonds is 3. The summed E-state index contributed by atoms with van der Waals surface area (Å²) in [7, 11) is 0.